The van der Waals surface area contributed by atoms with Crippen LogP contribution < -0.4 is 19.3 Å². The van der Waals surface area contributed by atoms with Gasteiger partial charge >= 0.3 is 0 Å². The van der Waals surface area contributed by atoms with Gasteiger partial charge < -0.3 is 14.6 Å². The van der Waals surface area contributed by atoms with Gasteiger partial charge in [-0.15, -0.1) is 0 Å². The lowest BCUT2D eigenvalue weighted by Gasteiger charge is -2.11. The quantitative estimate of drug-likeness (QED) is 0.414. The SMILES string of the molecule is CC(c1ccc2c(c1)OCO2)c1cccc[n+]1/N=C(\[O-])c1ccccc1. The van der Waals surface area contributed by atoms with E-state index in [-0.39, 0.29) is 18.6 Å². The smallest absolute Gasteiger partial charge is 0.231 e. The van der Waals surface area contributed by atoms with Crippen molar-refractivity contribution in [1.29, 1.82) is 0 Å². The molecule has 0 fully saturated rings. The fourth-order valence-corrected chi connectivity index (χ4v) is 2.97. The number of pyridine rings is 1. The molecule has 0 saturated carbocycles. The molecule has 0 radical (unpaired) electrons. The zero-order valence-corrected chi connectivity index (χ0v) is 14.3. The monoisotopic (exact) mass is 346 g/mol. The minimum absolute atomic E-state index is 0.0259. The molecule has 3 aromatic rings. The molecule has 5 heteroatoms. The van der Waals surface area contributed by atoms with Crippen molar-refractivity contribution in [3.63, 3.8) is 0 Å². The van der Waals surface area contributed by atoms with Gasteiger partial charge in [0, 0.05) is 12.1 Å². The summed E-state index contributed by atoms with van der Waals surface area (Å²) >= 11 is 0. The third-order valence-corrected chi connectivity index (χ3v) is 4.43. The first-order chi connectivity index (χ1) is 12.7. The van der Waals surface area contributed by atoms with Gasteiger partial charge in [-0.1, -0.05) is 41.1 Å². The maximum absolute atomic E-state index is 12.5. The Morgan fingerprint density at radius 1 is 1.00 bits per heavy atom. The van der Waals surface area contributed by atoms with Gasteiger partial charge in [0.25, 0.3) is 0 Å². The maximum Gasteiger partial charge on any atom is 0.231 e. The number of fused-ring (bicyclic) bond motifs is 1. The van der Waals surface area contributed by atoms with Crippen LogP contribution in [-0.4, -0.2) is 12.7 Å². The van der Waals surface area contributed by atoms with Gasteiger partial charge in [-0.2, -0.15) is 0 Å². The van der Waals surface area contributed by atoms with Crippen molar-refractivity contribution in [3.8, 4) is 11.5 Å². The van der Waals surface area contributed by atoms with E-state index in [9.17, 15) is 5.11 Å². The van der Waals surface area contributed by atoms with Gasteiger partial charge in [0.15, 0.2) is 11.5 Å². The van der Waals surface area contributed by atoms with Gasteiger partial charge in [0.1, 0.15) is 0 Å². The zero-order valence-electron chi connectivity index (χ0n) is 14.3. The Balaban J connectivity index is 1.69. The molecule has 2 aromatic carbocycles. The van der Waals surface area contributed by atoms with Gasteiger partial charge in [-0.25, -0.2) is 0 Å². The maximum atomic E-state index is 12.5. The number of hydrogen-bond acceptors (Lipinski definition) is 4. The van der Waals surface area contributed by atoms with Crippen LogP contribution in [0.1, 0.15) is 29.7 Å². The highest BCUT2D eigenvalue weighted by Gasteiger charge is 2.22. The van der Waals surface area contributed by atoms with Crippen LogP contribution in [0.5, 0.6) is 11.5 Å². The summed E-state index contributed by atoms with van der Waals surface area (Å²) in [6.45, 7) is 2.32. The molecule has 0 bridgehead atoms. The van der Waals surface area contributed by atoms with Crippen LogP contribution in [0.2, 0.25) is 0 Å². The number of nitrogens with zero attached hydrogens (tertiary/aromatic N) is 2. The van der Waals surface area contributed by atoms with Crippen molar-refractivity contribution in [2.75, 3.05) is 6.79 Å². The summed E-state index contributed by atoms with van der Waals surface area (Å²) in [4.78, 5) is 0. The molecule has 1 aromatic heterocycles. The second-order valence-electron chi connectivity index (χ2n) is 6.08. The lowest BCUT2D eigenvalue weighted by molar-refractivity contribution is -0.689. The number of rotatable bonds is 4. The van der Waals surface area contributed by atoms with Gasteiger partial charge in [0.05, 0.1) is 11.8 Å². The summed E-state index contributed by atoms with van der Waals surface area (Å²) in [6, 6.07) is 20.7. The number of ether oxygens (including phenoxy) is 2. The lowest BCUT2D eigenvalue weighted by Crippen LogP contribution is -2.38. The Labute approximate surface area is 151 Å². The van der Waals surface area contributed by atoms with E-state index in [4.69, 9.17) is 9.47 Å². The summed E-state index contributed by atoms with van der Waals surface area (Å²) in [7, 11) is 0. The average Bonchev–Trinajstić information content (AvgIpc) is 3.16. The topological polar surface area (TPSA) is 57.8 Å². The number of hydrogen-bond donors (Lipinski definition) is 0. The predicted octanol–water partition coefficient (Wildman–Crippen LogP) is 2.42. The summed E-state index contributed by atoms with van der Waals surface area (Å²) in [5.74, 6) is 1.25. The van der Waals surface area contributed by atoms with Crippen LogP contribution in [0.15, 0.2) is 78.0 Å². The molecule has 1 atom stereocenters. The minimum atomic E-state index is -0.277. The van der Waals surface area contributed by atoms with E-state index in [0.29, 0.717) is 5.56 Å². The highest BCUT2D eigenvalue weighted by molar-refractivity contribution is 5.89. The Morgan fingerprint density at radius 2 is 1.77 bits per heavy atom. The highest BCUT2D eigenvalue weighted by Crippen LogP contribution is 2.35. The standard InChI is InChI=1S/C21H18N2O3/c1-15(17-10-11-19-20(13-17)26-14-25-19)18-9-5-6-12-23(18)22-21(24)16-7-3-2-4-8-16/h2-13,15H,14H2,1H3. The minimum Gasteiger partial charge on any atom is -0.854 e. The van der Waals surface area contributed by atoms with E-state index < -0.39 is 0 Å². The van der Waals surface area contributed by atoms with Crippen molar-refractivity contribution in [3.05, 3.63) is 89.7 Å². The number of aromatic nitrogens is 1. The van der Waals surface area contributed by atoms with Crippen molar-refractivity contribution in [2.45, 2.75) is 12.8 Å². The summed E-state index contributed by atoms with van der Waals surface area (Å²) < 4.78 is 12.5. The fraction of sp³-hybridized carbons (Fsp3) is 0.143. The highest BCUT2D eigenvalue weighted by atomic mass is 16.7. The molecule has 5 nitrogen and oxygen atoms in total. The molecular formula is C21H18N2O3. The van der Waals surface area contributed by atoms with Crippen molar-refractivity contribution >= 4 is 5.90 Å². The zero-order chi connectivity index (χ0) is 17.9. The van der Waals surface area contributed by atoms with E-state index in [1.807, 2.05) is 54.6 Å². The second kappa shape index (κ2) is 6.88. The normalized spacial score (nSPS) is 14.3. The Kier molecular flexibility index (Phi) is 4.27. The fourth-order valence-electron chi connectivity index (χ4n) is 2.97. The van der Waals surface area contributed by atoms with Gasteiger partial charge in [-0.3, -0.25) is 0 Å². The third-order valence-electron chi connectivity index (χ3n) is 4.43. The lowest BCUT2D eigenvalue weighted by atomic mass is 9.97. The third kappa shape index (κ3) is 3.11. The predicted molar refractivity (Wildman–Crippen MR) is 95.1 cm³/mol. The molecule has 130 valence electrons. The van der Waals surface area contributed by atoms with E-state index in [1.165, 1.54) is 0 Å². The van der Waals surface area contributed by atoms with Crippen LogP contribution in [0.25, 0.3) is 0 Å². The molecule has 0 amide bonds. The summed E-state index contributed by atoms with van der Waals surface area (Å²) in [5, 5.41) is 16.7. The van der Waals surface area contributed by atoms with Crippen molar-refractivity contribution in [1.82, 2.24) is 0 Å². The molecule has 26 heavy (non-hydrogen) atoms. The molecule has 0 aliphatic carbocycles. The first-order valence-corrected chi connectivity index (χ1v) is 8.44. The molecule has 1 unspecified atom stereocenters. The van der Waals surface area contributed by atoms with Crippen LogP contribution in [0, 0.1) is 0 Å². The van der Waals surface area contributed by atoms with Crippen molar-refractivity contribution in [2.24, 2.45) is 5.10 Å². The van der Waals surface area contributed by atoms with E-state index in [1.54, 1.807) is 23.0 Å². The first-order valence-electron chi connectivity index (χ1n) is 8.44. The molecule has 0 saturated heterocycles. The largest absolute Gasteiger partial charge is 0.854 e. The number of benzene rings is 2. The first kappa shape index (κ1) is 16.1. The van der Waals surface area contributed by atoms with Crippen LogP contribution in [0.3, 0.4) is 0 Å². The Hall–Kier alpha value is -3.34. The Bertz CT molecular complexity index is 954. The molecule has 2 heterocycles. The molecule has 1 aliphatic heterocycles. The van der Waals surface area contributed by atoms with E-state index in [0.717, 1.165) is 22.8 Å². The van der Waals surface area contributed by atoms with E-state index >= 15 is 0 Å². The van der Waals surface area contributed by atoms with Gasteiger partial charge in [0.2, 0.25) is 18.7 Å². The molecule has 0 N–H and O–H groups in total. The second-order valence-corrected chi connectivity index (χ2v) is 6.08. The van der Waals surface area contributed by atoms with Crippen LogP contribution in [-0.2, 0) is 0 Å². The van der Waals surface area contributed by atoms with Gasteiger partial charge in [-0.05, 0) is 41.4 Å². The average molecular weight is 346 g/mol. The molecule has 0 spiro atoms. The molecule has 4 rings (SSSR count). The molecule has 1 aliphatic rings. The van der Waals surface area contributed by atoms with Crippen molar-refractivity contribution < 1.29 is 19.3 Å². The molecular weight excluding hydrogens is 328 g/mol. The summed E-state index contributed by atoms with van der Waals surface area (Å²) in [5.41, 5.74) is 2.54. The van der Waals surface area contributed by atoms with Crippen LogP contribution in [0.4, 0.5) is 0 Å². The van der Waals surface area contributed by atoms with Crippen LogP contribution >= 0.6 is 0 Å². The van der Waals surface area contributed by atoms with E-state index in [2.05, 4.69) is 12.0 Å². The Morgan fingerprint density at radius 3 is 2.62 bits per heavy atom. The summed E-state index contributed by atoms with van der Waals surface area (Å²) in [6.07, 6.45) is 1.79.